The van der Waals surface area contributed by atoms with Crippen molar-refractivity contribution in [3.63, 3.8) is 0 Å². The average Bonchev–Trinajstić information content (AvgIpc) is 1.95. The fourth-order valence-electron chi connectivity index (χ4n) is 1.32. The monoisotopic (exact) mass is 171 g/mol. The molecule has 0 aromatic heterocycles. The van der Waals surface area contributed by atoms with Crippen molar-refractivity contribution in [1.82, 2.24) is 4.67 Å². The van der Waals surface area contributed by atoms with E-state index in [2.05, 4.69) is 17.4 Å². The number of hydrogen-bond acceptors (Lipinski definition) is 2. The first kappa shape index (κ1) is 8.89. The number of Topliss-reactive ketones (excluding diaryl/α,β-unsaturated/α-hetero) is 1. The molecule has 0 bridgehead atoms. The molecule has 1 unspecified atom stereocenters. The largest absolute Gasteiger partial charge is 0.300 e. The van der Waals surface area contributed by atoms with E-state index in [1.54, 1.807) is 0 Å². The molecule has 1 aliphatic heterocycles. The fraction of sp³-hybridized carbons (Fsp3) is 0.750. The summed E-state index contributed by atoms with van der Waals surface area (Å²) in [6.45, 7) is 5.10. The Balaban J connectivity index is 2.50. The molecule has 1 rings (SSSR count). The molecule has 0 aromatic carbocycles. The number of hydrogen-bond donors (Lipinski definition) is 0. The van der Waals surface area contributed by atoms with Crippen molar-refractivity contribution < 1.29 is 4.79 Å². The summed E-state index contributed by atoms with van der Waals surface area (Å²) in [5.74, 6) is 2.53. The number of piperidine rings is 1. The lowest BCUT2D eigenvalue weighted by Gasteiger charge is -2.28. The second-order valence-corrected chi connectivity index (χ2v) is 4.14. The van der Waals surface area contributed by atoms with Crippen LogP contribution in [0.15, 0.2) is 0 Å². The van der Waals surface area contributed by atoms with Crippen molar-refractivity contribution in [3.8, 4) is 0 Å². The topological polar surface area (TPSA) is 20.3 Å². The molecule has 11 heavy (non-hydrogen) atoms. The zero-order valence-corrected chi connectivity index (χ0v) is 7.97. The highest BCUT2D eigenvalue weighted by molar-refractivity contribution is 7.35. The molecule has 0 spiro atoms. The van der Waals surface area contributed by atoms with Gasteiger partial charge in [0.25, 0.3) is 0 Å². The van der Waals surface area contributed by atoms with E-state index in [0.717, 1.165) is 19.4 Å². The standard InChI is InChI=1S/C8H14NOP/c1-3-11-9-5-4-8(10)6-7(9)2/h3,7H,4-6H2,1-2H3. The van der Waals surface area contributed by atoms with E-state index < -0.39 is 0 Å². The SMILES string of the molecule is CC=PN1CCC(=O)CC1C. The Hall–Kier alpha value is -0.200. The summed E-state index contributed by atoms with van der Waals surface area (Å²) in [4.78, 5) is 11.0. The summed E-state index contributed by atoms with van der Waals surface area (Å²) >= 11 is 0. The molecule has 1 heterocycles. The zero-order valence-electron chi connectivity index (χ0n) is 7.08. The number of carbonyl (C=O) groups excluding carboxylic acids is 1. The van der Waals surface area contributed by atoms with E-state index in [4.69, 9.17) is 0 Å². The molecule has 2 nitrogen and oxygen atoms in total. The normalized spacial score (nSPS) is 28.2. The number of rotatable bonds is 1. The lowest BCUT2D eigenvalue weighted by Crippen LogP contribution is -2.34. The zero-order chi connectivity index (χ0) is 8.27. The average molecular weight is 171 g/mol. The third-order valence-electron chi connectivity index (χ3n) is 1.92. The van der Waals surface area contributed by atoms with Crippen LogP contribution in [0.1, 0.15) is 26.7 Å². The van der Waals surface area contributed by atoms with Crippen molar-refractivity contribution >= 4 is 19.9 Å². The maximum atomic E-state index is 11.0. The molecular formula is C8H14NOP. The van der Waals surface area contributed by atoms with Crippen LogP contribution in [0.4, 0.5) is 0 Å². The molecule has 0 amide bonds. The third-order valence-corrected chi connectivity index (χ3v) is 3.04. The van der Waals surface area contributed by atoms with Crippen LogP contribution in [0.5, 0.6) is 0 Å². The Labute approximate surface area is 69.4 Å². The molecule has 0 aliphatic carbocycles. The summed E-state index contributed by atoms with van der Waals surface area (Å²) in [7, 11) is 1.25. The minimum Gasteiger partial charge on any atom is -0.300 e. The van der Waals surface area contributed by atoms with Gasteiger partial charge in [0.2, 0.25) is 0 Å². The van der Waals surface area contributed by atoms with Gasteiger partial charge in [0.05, 0.1) is 0 Å². The summed E-state index contributed by atoms with van der Waals surface area (Å²) in [5, 5.41) is 0. The van der Waals surface area contributed by atoms with Crippen LogP contribution in [-0.4, -0.2) is 28.8 Å². The van der Waals surface area contributed by atoms with E-state index in [1.165, 1.54) is 8.35 Å². The van der Waals surface area contributed by atoms with Crippen molar-refractivity contribution in [2.75, 3.05) is 6.54 Å². The lowest BCUT2D eigenvalue weighted by atomic mass is 10.1. The van der Waals surface area contributed by atoms with Gasteiger partial charge in [0, 0.05) is 25.4 Å². The van der Waals surface area contributed by atoms with E-state index in [1.807, 2.05) is 6.92 Å². The highest BCUT2D eigenvalue weighted by atomic mass is 31.1. The van der Waals surface area contributed by atoms with Crippen molar-refractivity contribution in [2.45, 2.75) is 32.7 Å². The van der Waals surface area contributed by atoms with Crippen LogP contribution < -0.4 is 0 Å². The van der Waals surface area contributed by atoms with Gasteiger partial charge in [-0.25, -0.2) is 0 Å². The summed E-state index contributed by atoms with van der Waals surface area (Å²) in [6, 6.07) is 0.439. The van der Waals surface area contributed by atoms with Gasteiger partial charge in [-0.15, -0.1) is 0 Å². The minimum absolute atomic E-state index is 0.417. The maximum Gasteiger partial charge on any atom is 0.135 e. The molecule has 0 radical (unpaired) electrons. The minimum atomic E-state index is 0.417. The second-order valence-electron chi connectivity index (χ2n) is 2.88. The molecule has 1 saturated heterocycles. The number of nitrogens with zero attached hydrogens (tertiary/aromatic N) is 1. The molecule has 1 aliphatic rings. The van der Waals surface area contributed by atoms with Crippen LogP contribution in [0.2, 0.25) is 0 Å². The van der Waals surface area contributed by atoms with Crippen LogP contribution in [-0.2, 0) is 4.79 Å². The molecule has 62 valence electrons. The Morgan fingerprint density at radius 2 is 2.45 bits per heavy atom. The van der Waals surface area contributed by atoms with Gasteiger partial charge in [-0.2, -0.15) is 0 Å². The van der Waals surface area contributed by atoms with Crippen molar-refractivity contribution in [1.29, 1.82) is 0 Å². The van der Waals surface area contributed by atoms with Gasteiger partial charge >= 0.3 is 0 Å². The quantitative estimate of drug-likeness (QED) is 0.560. The van der Waals surface area contributed by atoms with E-state index in [-0.39, 0.29) is 0 Å². The van der Waals surface area contributed by atoms with Crippen LogP contribution in [0.3, 0.4) is 0 Å². The Morgan fingerprint density at radius 1 is 1.73 bits per heavy atom. The van der Waals surface area contributed by atoms with Crippen LogP contribution in [0.25, 0.3) is 0 Å². The highest BCUT2D eigenvalue weighted by Crippen LogP contribution is 2.20. The number of carbonyl (C=O) groups is 1. The third kappa shape index (κ3) is 2.39. The van der Waals surface area contributed by atoms with Gasteiger partial charge in [0.1, 0.15) is 5.78 Å². The summed E-state index contributed by atoms with van der Waals surface area (Å²) in [6.07, 6.45) is 1.48. The molecule has 3 heteroatoms. The first-order valence-corrected chi connectivity index (χ1v) is 4.92. The fourth-order valence-corrected chi connectivity index (χ4v) is 2.14. The molecule has 0 N–H and O–H groups in total. The van der Waals surface area contributed by atoms with Gasteiger partial charge in [-0.05, 0) is 28.0 Å². The molecule has 0 saturated carbocycles. The smallest absolute Gasteiger partial charge is 0.135 e. The lowest BCUT2D eigenvalue weighted by molar-refractivity contribution is -0.121. The first-order chi connectivity index (χ1) is 5.24. The predicted octanol–water partition coefficient (Wildman–Crippen LogP) is 1.72. The second kappa shape index (κ2) is 3.99. The Bertz CT molecular complexity index is 179. The Kier molecular flexibility index (Phi) is 3.22. The summed E-state index contributed by atoms with van der Waals surface area (Å²) in [5.41, 5.74) is 0. The van der Waals surface area contributed by atoms with Gasteiger partial charge in [-0.1, -0.05) is 0 Å². The van der Waals surface area contributed by atoms with E-state index in [0.29, 0.717) is 11.8 Å². The van der Waals surface area contributed by atoms with Crippen molar-refractivity contribution in [3.05, 3.63) is 0 Å². The van der Waals surface area contributed by atoms with Gasteiger partial charge in [-0.3, -0.25) is 9.46 Å². The number of ketones is 1. The van der Waals surface area contributed by atoms with Crippen LogP contribution >= 0.6 is 8.35 Å². The molecule has 1 fully saturated rings. The Morgan fingerprint density at radius 3 is 3.00 bits per heavy atom. The van der Waals surface area contributed by atoms with Crippen molar-refractivity contribution in [2.24, 2.45) is 0 Å². The summed E-state index contributed by atoms with van der Waals surface area (Å²) < 4.78 is 2.32. The maximum absolute atomic E-state index is 11.0. The van der Waals surface area contributed by atoms with E-state index in [9.17, 15) is 4.79 Å². The molecule has 1 atom stereocenters. The van der Waals surface area contributed by atoms with Crippen LogP contribution in [0, 0.1) is 0 Å². The molecule has 0 aromatic rings. The van der Waals surface area contributed by atoms with Gasteiger partial charge in [0.15, 0.2) is 0 Å². The molecular weight excluding hydrogens is 157 g/mol. The highest BCUT2D eigenvalue weighted by Gasteiger charge is 2.21. The first-order valence-electron chi connectivity index (χ1n) is 4.01. The van der Waals surface area contributed by atoms with E-state index >= 15 is 0 Å². The van der Waals surface area contributed by atoms with Gasteiger partial charge < -0.3 is 0 Å². The predicted molar refractivity (Wildman–Crippen MR) is 49.1 cm³/mol.